The van der Waals surface area contributed by atoms with Gasteiger partial charge >= 0.3 is 11.9 Å². The van der Waals surface area contributed by atoms with Crippen molar-refractivity contribution in [2.45, 2.75) is 10.1 Å². The molecule has 1 atom stereocenters. The molecule has 0 saturated heterocycles. The zero-order valence-corrected chi connectivity index (χ0v) is 22.0. The molecule has 2 amide bonds. The smallest absolute Gasteiger partial charge is 0.336 e. The third-order valence-electron chi connectivity index (χ3n) is 5.64. The first-order valence-electron chi connectivity index (χ1n) is 11.6. The molecule has 11 heteroatoms. The van der Waals surface area contributed by atoms with E-state index in [0.29, 0.717) is 16.3 Å². The lowest BCUT2D eigenvalue weighted by atomic mass is 10.0. The molecule has 1 unspecified atom stereocenters. The Labute approximate surface area is 236 Å². The van der Waals surface area contributed by atoms with E-state index >= 15 is 0 Å². The van der Waals surface area contributed by atoms with Crippen LogP contribution in [0.25, 0.3) is 0 Å². The van der Waals surface area contributed by atoms with Gasteiger partial charge in [-0.2, -0.15) is 0 Å². The highest BCUT2D eigenvalue weighted by atomic mass is 35.5. The quantitative estimate of drug-likeness (QED) is 0.164. The Morgan fingerprint density at radius 3 is 2.05 bits per heavy atom. The molecule has 0 heterocycles. The average Bonchev–Trinajstić information content (AvgIpc) is 2.94. The first-order chi connectivity index (χ1) is 19.1. The number of hydrogen-bond acceptors (Lipinski definition) is 5. The summed E-state index contributed by atoms with van der Waals surface area (Å²) in [6, 6.07) is 22.7. The number of hydrogen-bond donors (Lipinski definition) is 4. The maximum atomic E-state index is 13.5. The van der Waals surface area contributed by atoms with Crippen molar-refractivity contribution in [1.29, 1.82) is 0 Å². The fraction of sp³-hybridized carbons (Fsp3) is 0.0345. The van der Waals surface area contributed by atoms with Crippen LogP contribution in [0.2, 0.25) is 5.02 Å². The maximum Gasteiger partial charge on any atom is 0.336 e. The summed E-state index contributed by atoms with van der Waals surface area (Å²) in [4.78, 5) is 49.4. The summed E-state index contributed by atoms with van der Waals surface area (Å²) in [7, 11) is 0. The fourth-order valence-electron chi connectivity index (χ4n) is 3.69. The zero-order valence-electron chi connectivity index (χ0n) is 20.4. The lowest BCUT2D eigenvalue weighted by Gasteiger charge is -2.17. The van der Waals surface area contributed by atoms with Crippen molar-refractivity contribution in [2.75, 3.05) is 10.6 Å². The number of carboxylic acids is 2. The second-order valence-corrected chi connectivity index (χ2v) is 9.96. The molecular weight excluding hydrogens is 559 g/mol. The van der Waals surface area contributed by atoms with Crippen molar-refractivity contribution in [3.63, 3.8) is 0 Å². The molecule has 0 aliphatic rings. The molecule has 0 bridgehead atoms. The highest BCUT2D eigenvalue weighted by molar-refractivity contribution is 8.00. The van der Waals surface area contributed by atoms with Crippen molar-refractivity contribution in [1.82, 2.24) is 0 Å². The number of anilines is 2. The van der Waals surface area contributed by atoms with E-state index in [9.17, 15) is 28.7 Å². The van der Waals surface area contributed by atoms with Crippen LogP contribution in [0.15, 0.2) is 95.9 Å². The molecule has 0 radical (unpaired) electrons. The van der Waals surface area contributed by atoms with Gasteiger partial charge in [0.15, 0.2) is 0 Å². The number of thioether (sulfide) groups is 1. The number of nitrogens with one attached hydrogen (secondary N) is 2. The van der Waals surface area contributed by atoms with Crippen LogP contribution in [-0.4, -0.2) is 34.0 Å². The highest BCUT2D eigenvalue weighted by Crippen LogP contribution is 2.37. The molecule has 0 aromatic heterocycles. The SMILES string of the molecule is O=C(O)c1ccc(C(=O)Nc2ccc(SC(C(=O)Nc3ccc(F)c(Cl)c3)c3ccccc3)cc2)c(C(=O)O)c1. The molecule has 0 aliphatic heterocycles. The molecule has 4 aromatic rings. The summed E-state index contributed by atoms with van der Waals surface area (Å²) in [6.07, 6.45) is 0. The predicted octanol–water partition coefficient (Wildman–Crippen LogP) is 6.60. The number of benzene rings is 4. The van der Waals surface area contributed by atoms with Crippen LogP contribution in [0.5, 0.6) is 0 Å². The predicted molar refractivity (Wildman–Crippen MR) is 150 cm³/mol. The molecule has 0 spiro atoms. The standard InChI is InChI=1S/C29H20ClFN2O6S/c30-23-15-19(9-13-24(23)31)33-27(35)25(16-4-2-1-3-5-16)40-20-10-7-18(8-11-20)32-26(34)21-12-6-17(28(36)37)14-22(21)29(38)39/h1-15,25H,(H,32,34)(H,33,35)(H,36,37)(H,38,39). The first-order valence-corrected chi connectivity index (χ1v) is 12.9. The van der Waals surface area contributed by atoms with Gasteiger partial charge in [0, 0.05) is 16.3 Å². The van der Waals surface area contributed by atoms with Crippen molar-refractivity contribution in [2.24, 2.45) is 0 Å². The summed E-state index contributed by atoms with van der Waals surface area (Å²) in [5.41, 5.74) is 0.528. The third-order valence-corrected chi connectivity index (χ3v) is 7.19. The summed E-state index contributed by atoms with van der Waals surface area (Å²) in [5.74, 6) is -4.44. The molecule has 8 nitrogen and oxygen atoms in total. The molecule has 4 aromatic carbocycles. The number of carbonyl (C=O) groups is 4. The van der Waals surface area contributed by atoms with Crippen LogP contribution >= 0.6 is 23.4 Å². The topological polar surface area (TPSA) is 133 Å². The molecule has 40 heavy (non-hydrogen) atoms. The van der Waals surface area contributed by atoms with Crippen molar-refractivity contribution >= 4 is 58.5 Å². The van der Waals surface area contributed by atoms with Crippen LogP contribution in [0.4, 0.5) is 15.8 Å². The Morgan fingerprint density at radius 1 is 0.750 bits per heavy atom. The van der Waals surface area contributed by atoms with Crippen molar-refractivity contribution < 1.29 is 33.8 Å². The van der Waals surface area contributed by atoms with Gasteiger partial charge < -0.3 is 20.8 Å². The lowest BCUT2D eigenvalue weighted by Crippen LogP contribution is -2.19. The minimum Gasteiger partial charge on any atom is -0.478 e. The van der Waals surface area contributed by atoms with E-state index in [1.807, 2.05) is 6.07 Å². The molecule has 0 fully saturated rings. The molecule has 0 aliphatic carbocycles. The molecule has 4 N–H and O–H groups in total. The number of rotatable bonds is 9. The van der Waals surface area contributed by atoms with Gasteiger partial charge in [0.2, 0.25) is 5.91 Å². The van der Waals surface area contributed by atoms with Gasteiger partial charge in [-0.05, 0) is 66.2 Å². The normalized spacial score (nSPS) is 11.3. The summed E-state index contributed by atoms with van der Waals surface area (Å²) in [6.45, 7) is 0. The van der Waals surface area contributed by atoms with E-state index in [1.165, 1.54) is 23.9 Å². The number of amides is 2. The van der Waals surface area contributed by atoms with Crippen LogP contribution < -0.4 is 10.6 Å². The van der Waals surface area contributed by atoms with Gasteiger partial charge in [-0.15, -0.1) is 11.8 Å². The van der Waals surface area contributed by atoms with Crippen molar-refractivity contribution in [3.05, 3.63) is 124 Å². The second kappa shape index (κ2) is 12.5. The molecule has 202 valence electrons. The van der Waals surface area contributed by atoms with Crippen LogP contribution in [0.1, 0.15) is 41.9 Å². The fourth-order valence-corrected chi connectivity index (χ4v) is 4.89. The monoisotopic (exact) mass is 578 g/mol. The van der Waals surface area contributed by atoms with Crippen LogP contribution in [-0.2, 0) is 4.79 Å². The number of carbonyl (C=O) groups excluding carboxylic acids is 2. The first kappa shape index (κ1) is 28.3. The molecule has 0 saturated carbocycles. The van der Waals surface area contributed by atoms with Crippen molar-refractivity contribution in [3.8, 4) is 0 Å². The van der Waals surface area contributed by atoms with E-state index in [0.717, 1.165) is 29.8 Å². The Bertz CT molecular complexity index is 1600. The number of carboxylic acid groups (broad SMARTS) is 2. The van der Waals surface area contributed by atoms with Gasteiger partial charge in [0.25, 0.3) is 5.91 Å². The Morgan fingerprint density at radius 2 is 1.43 bits per heavy atom. The Kier molecular flexibility index (Phi) is 8.83. The third kappa shape index (κ3) is 6.85. The minimum absolute atomic E-state index is 0.118. The van der Waals surface area contributed by atoms with Gasteiger partial charge in [-0.25, -0.2) is 14.0 Å². The second-order valence-electron chi connectivity index (χ2n) is 8.38. The maximum absolute atomic E-state index is 13.5. The lowest BCUT2D eigenvalue weighted by molar-refractivity contribution is -0.115. The Hall–Kier alpha value is -4.67. The number of halogens is 2. The Balaban J connectivity index is 1.51. The van der Waals surface area contributed by atoms with E-state index < -0.39 is 34.5 Å². The van der Waals surface area contributed by atoms with E-state index in [4.69, 9.17) is 16.7 Å². The molecular formula is C29H20ClFN2O6S. The van der Waals surface area contributed by atoms with Gasteiger partial charge in [0.1, 0.15) is 11.1 Å². The summed E-state index contributed by atoms with van der Waals surface area (Å²) < 4.78 is 13.5. The largest absolute Gasteiger partial charge is 0.478 e. The highest BCUT2D eigenvalue weighted by Gasteiger charge is 2.23. The average molecular weight is 579 g/mol. The van der Waals surface area contributed by atoms with Gasteiger partial charge in [0.05, 0.1) is 21.7 Å². The van der Waals surface area contributed by atoms with E-state index in [2.05, 4.69) is 10.6 Å². The summed E-state index contributed by atoms with van der Waals surface area (Å²) >= 11 is 7.09. The van der Waals surface area contributed by atoms with Crippen LogP contribution in [0.3, 0.4) is 0 Å². The zero-order chi connectivity index (χ0) is 28.8. The van der Waals surface area contributed by atoms with E-state index in [-0.39, 0.29) is 22.1 Å². The van der Waals surface area contributed by atoms with Gasteiger partial charge in [-0.3, -0.25) is 9.59 Å². The molecule has 4 rings (SSSR count). The van der Waals surface area contributed by atoms with E-state index in [1.54, 1.807) is 48.5 Å². The number of aromatic carboxylic acids is 2. The van der Waals surface area contributed by atoms with Gasteiger partial charge in [-0.1, -0.05) is 41.9 Å². The summed E-state index contributed by atoms with van der Waals surface area (Å²) in [5, 5.41) is 23.1. The van der Waals surface area contributed by atoms with Crippen LogP contribution in [0, 0.1) is 5.82 Å². The minimum atomic E-state index is -1.44.